The van der Waals surface area contributed by atoms with Gasteiger partial charge in [0.2, 0.25) is 0 Å². The molecule has 2 heterocycles. The molecular formula is C22H16BrF4N3O2S. The van der Waals surface area contributed by atoms with Gasteiger partial charge in [-0.05, 0) is 51.3 Å². The fourth-order valence-corrected chi connectivity index (χ4v) is 4.78. The molecule has 0 saturated heterocycles. The zero-order valence-corrected chi connectivity index (χ0v) is 19.4. The number of hydrogen-bond donors (Lipinski definition) is 0. The topological polar surface area (TPSA) is 45.1 Å². The average molecular weight is 542 g/mol. The predicted molar refractivity (Wildman–Crippen MR) is 121 cm³/mol. The van der Waals surface area contributed by atoms with Gasteiger partial charge in [0.25, 0.3) is 0 Å². The Bertz CT molecular complexity index is 1190. The summed E-state index contributed by atoms with van der Waals surface area (Å²) in [4.78, 5) is 14.1. The fourth-order valence-electron chi connectivity index (χ4n) is 3.47. The molecule has 1 aromatic heterocycles. The molecule has 4 rings (SSSR count). The van der Waals surface area contributed by atoms with E-state index in [9.17, 15) is 22.4 Å². The highest BCUT2D eigenvalue weighted by Gasteiger charge is 2.35. The third kappa shape index (κ3) is 4.74. The molecule has 0 bridgehead atoms. The van der Waals surface area contributed by atoms with Crippen molar-refractivity contribution in [3.8, 4) is 5.75 Å². The summed E-state index contributed by atoms with van der Waals surface area (Å²) in [6.45, 7) is -2.78. The van der Waals surface area contributed by atoms with E-state index in [0.29, 0.717) is 22.6 Å². The number of urea groups is 1. The number of alkyl halides is 2. The smallest absolute Gasteiger partial charge is 0.387 e. The second-order valence-electron chi connectivity index (χ2n) is 7.08. The third-order valence-corrected chi connectivity index (χ3v) is 7.03. The molecule has 33 heavy (non-hydrogen) atoms. The van der Waals surface area contributed by atoms with Gasteiger partial charge in [-0.25, -0.2) is 14.2 Å². The normalized spacial score (nSPS) is 15.7. The first-order chi connectivity index (χ1) is 15.8. The lowest BCUT2D eigenvalue weighted by atomic mass is 9.90. The van der Waals surface area contributed by atoms with E-state index in [2.05, 4.69) is 25.8 Å². The molecular weight excluding hydrogens is 526 g/mol. The molecule has 1 aliphatic heterocycles. The summed E-state index contributed by atoms with van der Waals surface area (Å²) in [6, 6.07) is 14.6. The van der Waals surface area contributed by atoms with Crippen molar-refractivity contribution in [3.05, 3.63) is 81.1 Å². The number of anilines is 1. The summed E-state index contributed by atoms with van der Waals surface area (Å²) in [5, 5.41) is 4.68. The van der Waals surface area contributed by atoms with Crippen LogP contribution in [0, 0.1) is 10.9 Å². The summed E-state index contributed by atoms with van der Waals surface area (Å²) in [7, 11) is 1.34. The molecule has 172 valence electrons. The van der Waals surface area contributed by atoms with Crippen molar-refractivity contribution < 1.29 is 27.1 Å². The minimum atomic E-state index is -2.94. The molecule has 0 aliphatic carbocycles. The summed E-state index contributed by atoms with van der Waals surface area (Å²) in [5.74, 6) is -1.19. The fraction of sp³-hybridized carbons (Fsp3) is 0.182. The number of ether oxygens (including phenoxy) is 1. The second-order valence-corrected chi connectivity index (χ2v) is 8.83. The average Bonchev–Trinajstić information content (AvgIpc) is 3.36. The molecule has 0 N–H and O–H groups in total. The lowest BCUT2D eigenvalue weighted by molar-refractivity contribution is -0.0498. The Balaban J connectivity index is 1.66. The van der Waals surface area contributed by atoms with Gasteiger partial charge in [0.15, 0.2) is 10.9 Å². The summed E-state index contributed by atoms with van der Waals surface area (Å²) >= 11 is 3.33. The SMILES string of the molecule is CN(C(=O)N1CC(c2ccccc2)C(c2ccc(OC(F)F)cc2)=N1)c1sc(F)c(Br)c1F. The van der Waals surface area contributed by atoms with Gasteiger partial charge >= 0.3 is 12.6 Å². The van der Waals surface area contributed by atoms with Crippen LogP contribution in [0.25, 0.3) is 0 Å². The lowest BCUT2D eigenvalue weighted by Crippen LogP contribution is -2.37. The Hall–Kier alpha value is -2.92. The van der Waals surface area contributed by atoms with Crippen LogP contribution in [0.4, 0.5) is 27.4 Å². The van der Waals surface area contributed by atoms with Crippen LogP contribution in [0.15, 0.2) is 64.2 Å². The van der Waals surface area contributed by atoms with Gasteiger partial charge in [0, 0.05) is 13.0 Å². The zero-order valence-electron chi connectivity index (χ0n) is 17.0. The number of thiophene rings is 1. The van der Waals surface area contributed by atoms with Crippen LogP contribution in [0.5, 0.6) is 5.75 Å². The van der Waals surface area contributed by atoms with E-state index in [1.54, 1.807) is 12.1 Å². The monoisotopic (exact) mass is 541 g/mol. The third-order valence-electron chi connectivity index (χ3n) is 5.04. The standard InChI is InChI=1S/C22H16BrF4N3O2S/c1-29(20-17(24)16(23)19(25)33-20)22(31)30-11-15(12-5-3-2-4-6-12)18(28-30)13-7-9-14(10-8-13)32-21(26)27/h2-10,15,21H,11H2,1H3. The predicted octanol–water partition coefficient (Wildman–Crippen LogP) is 6.45. The molecule has 5 nitrogen and oxygen atoms in total. The van der Waals surface area contributed by atoms with Crippen molar-refractivity contribution in [1.29, 1.82) is 0 Å². The lowest BCUT2D eigenvalue weighted by Gasteiger charge is -2.21. The van der Waals surface area contributed by atoms with Crippen LogP contribution in [0.2, 0.25) is 0 Å². The van der Waals surface area contributed by atoms with Crippen molar-refractivity contribution in [2.75, 3.05) is 18.5 Å². The van der Waals surface area contributed by atoms with Crippen molar-refractivity contribution in [3.63, 3.8) is 0 Å². The molecule has 0 spiro atoms. The van der Waals surface area contributed by atoms with Crippen molar-refractivity contribution in [2.24, 2.45) is 5.10 Å². The minimum absolute atomic E-state index is 0.00273. The van der Waals surface area contributed by atoms with Crippen LogP contribution in [-0.2, 0) is 0 Å². The van der Waals surface area contributed by atoms with E-state index in [-0.39, 0.29) is 27.7 Å². The maximum atomic E-state index is 14.3. The van der Waals surface area contributed by atoms with Crippen molar-refractivity contribution in [2.45, 2.75) is 12.5 Å². The van der Waals surface area contributed by atoms with E-state index >= 15 is 0 Å². The highest BCUT2D eigenvalue weighted by Crippen LogP contribution is 2.38. The first kappa shape index (κ1) is 23.2. The molecule has 2 amide bonds. The zero-order chi connectivity index (χ0) is 23.7. The quantitative estimate of drug-likeness (QED) is 0.348. The molecule has 1 atom stereocenters. The van der Waals surface area contributed by atoms with Gasteiger partial charge in [-0.2, -0.15) is 18.3 Å². The number of carbonyl (C=O) groups excluding carboxylic acids is 1. The number of hydrogen-bond acceptors (Lipinski definition) is 4. The highest BCUT2D eigenvalue weighted by molar-refractivity contribution is 9.10. The Morgan fingerprint density at radius 1 is 1.18 bits per heavy atom. The number of carbonyl (C=O) groups is 1. The van der Waals surface area contributed by atoms with Crippen LogP contribution in [0.3, 0.4) is 0 Å². The minimum Gasteiger partial charge on any atom is -0.435 e. The van der Waals surface area contributed by atoms with Gasteiger partial charge in [0.1, 0.15) is 15.2 Å². The number of hydrazone groups is 1. The van der Waals surface area contributed by atoms with E-state index in [4.69, 9.17) is 0 Å². The van der Waals surface area contributed by atoms with Gasteiger partial charge in [-0.15, -0.1) is 0 Å². The van der Waals surface area contributed by atoms with Gasteiger partial charge in [-0.3, -0.25) is 4.90 Å². The van der Waals surface area contributed by atoms with Crippen LogP contribution in [0.1, 0.15) is 17.0 Å². The summed E-state index contributed by atoms with van der Waals surface area (Å²) in [5.41, 5.74) is 2.03. The first-order valence-corrected chi connectivity index (χ1v) is 11.2. The van der Waals surface area contributed by atoms with Crippen molar-refractivity contribution >= 4 is 44.0 Å². The molecule has 3 aromatic rings. The van der Waals surface area contributed by atoms with Gasteiger partial charge in [0.05, 0.1) is 12.3 Å². The van der Waals surface area contributed by atoms with Crippen LogP contribution < -0.4 is 9.64 Å². The van der Waals surface area contributed by atoms with E-state index < -0.39 is 23.6 Å². The maximum Gasteiger partial charge on any atom is 0.387 e. The molecule has 1 unspecified atom stereocenters. The Morgan fingerprint density at radius 3 is 2.42 bits per heavy atom. The van der Waals surface area contributed by atoms with Crippen molar-refractivity contribution in [1.82, 2.24) is 5.01 Å². The largest absolute Gasteiger partial charge is 0.435 e. The first-order valence-electron chi connectivity index (χ1n) is 9.63. The molecule has 11 heteroatoms. The van der Waals surface area contributed by atoms with Gasteiger partial charge < -0.3 is 4.74 Å². The number of nitrogens with zero attached hydrogens (tertiary/aromatic N) is 3. The second kappa shape index (κ2) is 9.52. The Kier molecular flexibility index (Phi) is 6.71. The van der Waals surface area contributed by atoms with E-state index in [1.165, 1.54) is 24.2 Å². The molecule has 1 aliphatic rings. The highest BCUT2D eigenvalue weighted by atomic mass is 79.9. The summed E-state index contributed by atoms with van der Waals surface area (Å²) < 4.78 is 57.1. The van der Waals surface area contributed by atoms with Crippen LogP contribution in [-0.4, -0.2) is 37.0 Å². The number of amides is 2. The number of halogens is 5. The van der Waals surface area contributed by atoms with Crippen LogP contribution >= 0.6 is 27.3 Å². The Morgan fingerprint density at radius 2 is 1.85 bits per heavy atom. The van der Waals surface area contributed by atoms with Gasteiger partial charge in [-0.1, -0.05) is 41.7 Å². The maximum absolute atomic E-state index is 14.3. The number of benzene rings is 2. The van der Waals surface area contributed by atoms with E-state index in [1.807, 2.05) is 30.3 Å². The molecule has 2 aromatic carbocycles. The number of rotatable bonds is 5. The summed E-state index contributed by atoms with van der Waals surface area (Å²) in [6.07, 6.45) is 0. The Labute approximate surface area is 199 Å². The molecule has 0 radical (unpaired) electrons. The molecule has 0 saturated carbocycles. The van der Waals surface area contributed by atoms with E-state index in [0.717, 1.165) is 10.5 Å². The molecule has 0 fully saturated rings.